The first kappa shape index (κ1) is 10.8. The van der Waals surface area contributed by atoms with Gasteiger partial charge in [0.05, 0.1) is 17.1 Å². The molecule has 6 heteroatoms. The Labute approximate surface area is 82.7 Å². The quantitative estimate of drug-likeness (QED) is 0.626. The molecule has 0 aromatic carbocycles. The molecule has 3 nitrogen and oxygen atoms in total. The molecule has 0 radical (unpaired) electrons. The van der Waals surface area contributed by atoms with E-state index >= 15 is 0 Å². The smallest absolute Gasteiger partial charge is 0.279 e. The maximum atomic E-state index is 12.3. The van der Waals surface area contributed by atoms with Gasteiger partial charge >= 0.3 is 0 Å². The summed E-state index contributed by atoms with van der Waals surface area (Å²) < 4.78 is 24.5. The number of carbonyl (C=O) groups is 1. The number of aldehydes is 1. The number of aromatic nitrogens is 1. The number of carbonyl (C=O) groups excluding carboxylic acids is 1. The van der Waals surface area contributed by atoms with Crippen molar-refractivity contribution >= 4 is 17.9 Å². The third kappa shape index (κ3) is 1.82. The molecule has 0 saturated carbocycles. The summed E-state index contributed by atoms with van der Waals surface area (Å²) in [4.78, 5) is 23.9. The first-order valence-corrected chi connectivity index (χ1v) is 4.19. The third-order valence-electron chi connectivity index (χ3n) is 1.71. The second kappa shape index (κ2) is 4.32. The molecule has 76 valence electrons. The number of alkyl halides is 3. The topological polar surface area (TPSA) is 49.9 Å². The van der Waals surface area contributed by atoms with Crippen molar-refractivity contribution in [3.8, 4) is 0 Å². The number of hydrogen-bond acceptors (Lipinski definition) is 2. The van der Waals surface area contributed by atoms with Crippen LogP contribution in [0.4, 0.5) is 8.78 Å². The first-order chi connectivity index (χ1) is 6.61. The van der Waals surface area contributed by atoms with Gasteiger partial charge in [-0.2, -0.15) is 0 Å². The fourth-order valence-electron chi connectivity index (χ4n) is 1.00. The molecule has 1 aromatic heterocycles. The fraction of sp³-hybridized carbons (Fsp3) is 0.250. The van der Waals surface area contributed by atoms with Crippen molar-refractivity contribution in [3.05, 3.63) is 33.2 Å². The molecule has 1 heterocycles. The number of pyridine rings is 1. The molecule has 1 rings (SSSR count). The summed E-state index contributed by atoms with van der Waals surface area (Å²) in [5, 5.41) is 0. The van der Waals surface area contributed by atoms with Crippen LogP contribution in [0.1, 0.15) is 28.0 Å². The lowest BCUT2D eigenvalue weighted by Crippen LogP contribution is -2.17. The number of H-pyrrole nitrogens is 1. The van der Waals surface area contributed by atoms with E-state index in [2.05, 4.69) is 4.98 Å². The van der Waals surface area contributed by atoms with Gasteiger partial charge in [-0.05, 0) is 0 Å². The Morgan fingerprint density at radius 2 is 2.21 bits per heavy atom. The SMILES string of the molecule is O=Cc1c(C(F)F)[nH]cc(CCl)c1=O. The van der Waals surface area contributed by atoms with Gasteiger partial charge < -0.3 is 4.98 Å². The van der Waals surface area contributed by atoms with Gasteiger partial charge in [-0.25, -0.2) is 8.78 Å². The Kier molecular flexibility index (Phi) is 3.35. The second-order valence-corrected chi connectivity index (χ2v) is 2.79. The van der Waals surface area contributed by atoms with Crippen LogP contribution in [0.2, 0.25) is 0 Å². The molecule has 0 amide bonds. The second-order valence-electron chi connectivity index (χ2n) is 2.52. The van der Waals surface area contributed by atoms with Gasteiger partial charge in [-0.15, -0.1) is 11.6 Å². The Bertz CT molecular complexity index is 403. The Morgan fingerprint density at radius 1 is 1.57 bits per heavy atom. The molecule has 0 saturated heterocycles. The van der Waals surface area contributed by atoms with Crippen LogP contribution in [0.3, 0.4) is 0 Å². The minimum atomic E-state index is -2.88. The Morgan fingerprint density at radius 3 is 2.64 bits per heavy atom. The van der Waals surface area contributed by atoms with Crippen LogP contribution in [0, 0.1) is 0 Å². The molecule has 0 spiro atoms. The molecule has 0 fully saturated rings. The monoisotopic (exact) mass is 221 g/mol. The van der Waals surface area contributed by atoms with E-state index in [4.69, 9.17) is 11.6 Å². The normalized spacial score (nSPS) is 10.6. The van der Waals surface area contributed by atoms with Gasteiger partial charge in [-0.1, -0.05) is 0 Å². The van der Waals surface area contributed by atoms with Crippen LogP contribution in [-0.2, 0) is 5.88 Å². The van der Waals surface area contributed by atoms with E-state index in [1.54, 1.807) is 0 Å². The van der Waals surface area contributed by atoms with Gasteiger partial charge in [0, 0.05) is 11.8 Å². The van der Waals surface area contributed by atoms with Gasteiger partial charge in [0.25, 0.3) is 6.43 Å². The Balaban J connectivity index is 3.44. The highest BCUT2D eigenvalue weighted by Crippen LogP contribution is 2.17. The molecule has 1 N–H and O–H groups in total. The van der Waals surface area contributed by atoms with Crippen molar-refractivity contribution in [1.82, 2.24) is 4.98 Å². The zero-order chi connectivity index (χ0) is 10.7. The minimum absolute atomic E-state index is 0.0955. The molecule has 0 bridgehead atoms. The molecule has 0 atom stereocenters. The van der Waals surface area contributed by atoms with Crippen molar-refractivity contribution in [3.63, 3.8) is 0 Å². The van der Waals surface area contributed by atoms with Crippen LogP contribution in [-0.4, -0.2) is 11.3 Å². The van der Waals surface area contributed by atoms with Gasteiger partial charge in [-0.3, -0.25) is 9.59 Å². The van der Waals surface area contributed by atoms with Crippen molar-refractivity contribution < 1.29 is 13.6 Å². The van der Waals surface area contributed by atoms with Crippen molar-refractivity contribution in [2.75, 3.05) is 0 Å². The molecular formula is C8H6ClF2NO2. The standard InChI is InChI=1S/C8H6ClF2NO2/c9-1-4-2-12-6(8(10)11)5(3-13)7(4)14/h2-3,8H,1H2,(H,12,14). The summed E-state index contributed by atoms with van der Waals surface area (Å²) in [6.45, 7) is 0. The molecular weight excluding hydrogens is 216 g/mol. The summed E-state index contributed by atoms with van der Waals surface area (Å²) in [6.07, 6.45) is -1.69. The number of halogens is 3. The van der Waals surface area contributed by atoms with E-state index < -0.39 is 23.1 Å². The number of hydrogen-bond donors (Lipinski definition) is 1. The van der Waals surface area contributed by atoms with Gasteiger partial charge in [0.2, 0.25) is 0 Å². The molecule has 0 unspecified atom stereocenters. The van der Waals surface area contributed by atoms with Crippen LogP contribution in [0.25, 0.3) is 0 Å². The van der Waals surface area contributed by atoms with E-state index in [-0.39, 0.29) is 17.7 Å². The van der Waals surface area contributed by atoms with Crippen LogP contribution in [0.5, 0.6) is 0 Å². The number of rotatable bonds is 3. The fourth-order valence-corrected chi connectivity index (χ4v) is 1.20. The summed E-state index contributed by atoms with van der Waals surface area (Å²) in [5.74, 6) is -0.125. The molecule has 0 aliphatic carbocycles. The maximum absolute atomic E-state index is 12.3. The first-order valence-electron chi connectivity index (χ1n) is 3.65. The van der Waals surface area contributed by atoms with Gasteiger partial charge in [0.15, 0.2) is 11.7 Å². The Hall–Kier alpha value is -1.23. The number of aromatic amines is 1. The van der Waals surface area contributed by atoms with E-state index in [1.807, 2.05) is 0 Å². The maximum Gasteiger partial charge on any atom is 0.279 e. The molecule has 14 heavy (non-hydrogen) atoms. The predicted molar refractivity (Wildman–Crippen MR) is 47.0 cm³/mol. The average Bonchev–Trinajstić information content (AvgIpc) is 2.17. The summed E-state index contributed by atoms with van der Waals surface area (Å²) >= 11 is 5.37. The molecule has 0 aliphatic rings. The molecule has 0 aliphatic heterocycles. The predicted octanol–water partition coefficient (Wildman–Crippen LogP) is 1.86. The lowest BCUT2D eigenvalue weighted by atomic mass is 10.1. The van der Waals surface area contributed by atoms with E-state index in [1.165, 1.54) is 0 Å². The van der Waals surface area contributed by atoms with Crippen molar-refractivity contribution in [1.29, 1.82) is 0 Å². The van der Waals surface area contributed by atoms with Crippen molar-refractivity contribution in [2.24, 2.45) is 0 Å². The van der Waals surface area contributed by atoms with Crippen LogP contribution >= 0.6 is 11.6 Å². The molecule has 1 aromatic rings. The minimum Gasteiger partial charge on any atom is -0.359 e. The largest absolute Gasteiger partial charge is 0.359 e. The summed E-state index contributed by atoms with van der Waals surface area (Å²) in [7, 11) is 0. The van der Waals surface area contributed by atoms with Crippen molar-refractivity contribution in [2.45, 2.75) is 12.3 Å². The average molecular weight is 222 g/mol. The van der Waals surface area contributed by atoms with Crippen LogP contribution in [0.15, 0.2) is 11.0 Å². The van der Waals surface area contributed by atoms with E-state index in [0.29, 0.717) is 0 Å². The van der Waals surface area contributed by atoms with E-state index in [9.17, 15) is 18.4 Å². The summed E-state index contributed by atoms with van der Waals surface area (Å²) in [6, 6.07) is 0. The zero-order valence-electron chi connectivity index (χ0n) is 6.89. The highest BCUT2D eigenvalue weighted by Gasteiger charge is 2.17. The zero-order valence-corrected chi connectivity index (χ0v) is 7.65. The highest BCUT2D eigenvalue weighted by molar-refractivity contribution is 6.17. The highest BCUT2D eigenvalue weighted by atomic mass is 35.5. The lowest BCUT2D eigenvalue weighted by Gasteiger charge is -2.04. The third-order valence-corrected chi connectivity index (χ3v) is 2.00. The lowest BCUT2D eigenvalue weighted by molar-refractivity contribution is 0.110. The van der Waals surface area contributed by atoms with E-state index in [0.717, 1.165) is 6.20 Å². The number of nitrogens with one attached hydrogen (secondary N) is 1. The van der Waals surface area contributed by atoms with Crippen LogP contribution < -0.4 is 5.43 Å². The summed E-state index contributed by atoms with van der Waals surface area (Å²) in [5.41, 5.74) is -1.88. The van der Waals surface area contributed by atoms with Gasteiger partial charge in [0.1, 0.15) is 0 Å².